The zero-order valence-corrected chi connectivity index (χ0v) is 11.2. The van der Waals surface area contributed by atoms with Crippen molar-refractivity contribution in [2.24, 2.45) is 0 Å². The first-order valence-corrected chi connectivity index (χ1v) is 7.20. The van der Waals surface area contributed by atoms with Gasteiger partial charge in [0.15, 0.2) is 5.13 Å². The zero-order valence-electron chi connectivity index (χ0n) is 10.4. The van der Waals surface area contributed by atoms with Crippen molar-refractivity contribution >= 4 is 22.4 Å². The number of anilines is 1. The van der Waals surface area contributed by atoms with Crippen molar-refractivity contribution in [3.63, 3.8) is 0 Å². The van der Waals surface area contributed by atoms with E-state index >= 15 is 0 Å². The van der Waals surface area contributed by atoms with E-state index in [0.717, 1.165) is 31.6 Å². The molecule has 1 aromatic rings. The van der Waals surface area contributed by atoms with E-state index in [1.807, 2.05) is 5.38 Å². The van der Waals surface area contributed by atoms with Gasteiger partial charge in [0.25, 0.3) is 0 Å². The molecule has 1 fully saturated rings. The van der Waals surface area contributed by atoms with Crippen LogP contribution in [0.15, 0.2) is 5.38 Å². The van der Waals surface area contributed by atoms with Crippen LogP contribution in [0.25, 0.3) is 0 Å². The van der Waals surface area contributed by atoms with E-state index in [1.54, 1.807) is 0 Å². The number of thiazole rings is 1. The summed E-state index contributed by atoms with van der Waals surface area (Å²) in [5.74, 6) is -0.00360. The summed E-state index contributed by atoms with van der Waals surface area (Å²) in [6, 6.07) is 0. The SMILES string of the molecule is Nc1nc(CC(=O)NCCC2CCCCO2)cs1. The van der Waals surface area contributed by atoms with Crippen LogP contribution in [0.5, 0.6) is 0 Å². The van der Waals surface area contributed by atoms with Gasteiger partial charge in [0, 0.05) is 18.5 Å². The van der Waals surface area contributed by atoms with Gasteiger partial charge in [-0.3, -0.25) is 4.79 Å². The van der Waals surface area contributed by atoms with Crippen molar-refractivity contribution in [1.29, 1.82) is 0 Å². The molecule has 100 valence electrons. The molecule has 18 heavy (non-hydrogen) atoms. The first kappa shape index (κ1) is 13.3. The molecular formula is C12H19N3O2S. The molecule has 1 atom stereocenters. The Labute approximate surface area is 111 Å². The maximum Gasteiger partial charge on any atom is 0.226 e. The summed E-state index contributed by atoms with van der Waals surface area (Å²) in [5.41, 5.74) is 6.25. The van der Waals surface area contributed by atoms with Crippen molar-refractivity contribution in [1.82, 2.24) is 10.3 Å². The van der Waals surface area contributed by atoms with Gasteiger partial charge in [-0.2, -0.15) is 0 Å². The molecular weight excluding hydrogens is 250 g/mol. The van der Waals surface area contributed by atoms with Gasteiger partial charge in [0.2, 0.25) is 5.91 Å². The minimum absolute atomic E-state index is 0.00360. The predicted octanol–water partition coefficient (Wildman–Crippen LogP) is 1.34. The first-order chi connectivity index (χ1) is 8.74. The molecule has 0 radical (unpaired) electrons. The molecule has 1 aliphatic heterocycles. The van der Waals surface area contributed by atoms with Crippen molar-refractivity contribution in [3.8, 4) is 0 Å². The van der Waals surface area contributed by atoms with Gasteiger partial charge in [-0.05, 0) is 25.7 Å². The van der Waals surface area contributed by atoms with E-state index in [9.17, 15) is 4.79 Å². The minimum Gasteiger partial charge on any atom is -0.378 e. The monoisotopic (exact) mass is 269 g/mol. The molecule has 0 bridgehead atoms. The Kier molecular flexibility index (Phi) is 4.95. The highest BCUT2D eigenvalue weighted by atomic mass is 32.1. The second-order valence-electron chi connectivity index (χ2n) is 4.48. The lowest BCUT2D eigenvalue weighted by molar-refractivity contribution is -0.120. The summed E-state index contributed by atoms with van der Waals surface area (Å²) < 4.78 is 5.60. The van der Waals surface area contributed by atoms with Crippen LogP contribution in [0.1, 0.15) is 31.4 Å². The number of nitrogens with two attached hydrogens (primary N) is 1. The maximum atomic E-state index is 11.6. The lowest BCUT2D eigenvalue weighted by atomic mass is 10.1. The summed E-state index contributed by atoms with van der Waals surface area (Å²) in [6.07, 6.45) is 5.02. The number of hydrogen-bond acceptors (Lipinski definition) is 5. The number of rotatable bonds is 5. The third-order valence-electron chi connectivity index (χ3n) is 2.97. The van der Waals surface area contributed by atoms with E-state index in [0.29, 0.717) is 24.2 Å². The fourth-order valence-corrected chi connectivity index (χ4v) is 2.60. The fourth-order valence-electron chi connectivity index (χ4n) is 2.04. The third kappa shape index (κ3) is 4.27. The van der Waals surface area contributed by atoms with Crippen LogP contribution >= 0.6 is 11.3 Å². The molecule has 1 amide bonds. The second-order valence-corrected chi connectivity index (χ2v) is 5.37. The topological polar surface area (TPSA) is 77.2 Å². The highest BCUT2D eigenvalue weighted by Gasteiger charge is 2.14. The molecule has 2 heterocycles. The third-order valence-corrected chi connectivity index (χ3v) is 3.70. The van der Waals surface area contributed by atoms with Crippen LogP contribution in [-0.2, 0) is 16.0 Å². The summed E-state index contributed by atoms with van der Waals surface area (Å²) in [6.45, 7) is 1.53. The summed E-state index contributed by atoms with van der Waals surface area (Å²) in [4.78, 5) is 15.7. The number of nitrogen functional groups attached to an aromatic ring is 1. The molecule has 0 spiro atoms. The molecule has 1 aromatic heterocycles. The Balaban J connectivity index is 1.62. The second kappa shape index (κ2) is 6.70. The number of nitrogens with one attached hydrogen (secondary N) is 1. The summed E-state index contributed by atoms with van der Waals surface area (Å²) in [7, 11) is 0. The Bertz CT molecular complexity index is 388. The summed E-state index contributed by atoms with van der Waals surface area (Å²) >= 11 is 1.36. The van der Waals surface area contributed by atoms with Gasteiger partial charge >= 0.3 is 0 Å². The van der Waals surface area contributed by atoms with E-state index in [1.165, 1.54) is 17.8 Å². The Morgan fingerprint density at radius 3 is 3.17 bits per heavy atom. The zero-order chi connectivity index (χ0) is 12.8. The molecule has 3 N–H and O–H groups in total. The molecule has 1 saturated heterocycles. The van der Waals surface area contributed by atoms with Crippen LogP contribution in [0, 0.1) is 0 Å². The molecule has 2 rings (SSSR count). The van der Waals surface area contributed by atoms with Crippen molar-refractivity contribution in [3.05, 3.63) is 11.1 Å². The fraction of sp³-hybridized carbons (Fsp3) is 0.667. The Morgan fingerprint density at radius 1 is 1.61 bits per heavy atom. The number of hydrogen-bond donors (Lipinski definition) is 2. The van der Waals surface area contributed by atoms with E-state index in [-0.39, 0.29) is 5.91 Å². The smallest absolute Gasteiger partial charge is 0.226 e. The van der Waals surface area contributed by atoms with Gasteiger partial charge < -0.3 is 15.8 Å². The van der Waals surface area contributed by atoms with Crippen LogP contribution in [-0.4, -0.2) is 30.1 Å². The number of aromatic nitrogens is 1. The largest absolute Gasteiger partial charge is 0.378 e. The predicted molar refractivity (Wildman–Crippen MR) is 71.4 cm³/mol. The van der Waals surface area contributed by atoms with Crippen LogP contribution < -0.4 is 11.1 Å². The molecule has 5 nitrogen and oxygen atoms in total. The van der Waals surface area contributed by atoms with Gasteiger partial charge in [0.05, 0.1) is 18.2 Å². The molecule has 1 aliphatic rings. The number of carbonyl (C=O) groups is 1. The number of nitrogens with zero attached hydrogens (tertiary/aromatic N) is 1. The average Bonchev–Trinajstić information content (AvgIpc) is 2.76. The molecule has 6 heteroatoms. The van der Waals surface area contributed by atoms with Crippen molar-refractivity contribution in [2.75, 3.05) is 18.9 Å². The molecule has 0 aliphatic carbocycles. The summed E-state index contributed by atoms with van der Waals surface area (Å²) in [5, 5.41) is 5.22. The average molecular weight is 269 g/mol. The lowest BCUT2D eigenvalue weighted by Crippen LogP contribution is -2.30. The van der Waals surface area contributed by atoms with E-state index < -0.39 is 0 Å². The standard InChI is InChI=1S/C12H19N3O2S/c13-12-15-9(8-18-12)7-11(16)14-5-4-10-3-1-2-6-17-10/h8,10H,1-7H2,(H2,13,15)(H,14,16). The number of ether oxygens (including phenoxy) is 1. The first-order valence-electron chi connectivity index (χ1n) is 6.32. The van der Waals surface area contributed by atoms with Gasteiger partial charge in [0.1, 0.15) is 0 Å². The molecule has 0 saturated carbocycles. The highest BCUT2D eigenvalue weighted by Crippen LogP contribution is 2.15. The normalized spacial score (nSPS) is 19.7. The molecule has 1 unspecified atom stereocenters. The molecule has 0 aromatic carbocycles. The van der Waals surface area contributed by atoms with Gasteiger partial charge in [-0.1, -0.05) is 0 Å². The minimum atomic E-state index is -0.00360. The highest BCUT2D eigenvalue weighted by molar-refractivity contribution is 7.13. The Morgan fingerprint density at radius 2 is 2.50 bits per heavy atom. The van der Waals surface area contributed by atoms with Crippen molar-refractivity contribution < 1.29 is 9.53 Å². The van der Waals surface area contributed by atoms with Crippen molar-refractivity contribution in [2.45, 2.75) is 38.2 Å². The Hall–Kier alpha value is -1.14. The van der Waals surface area contributed by atoms with Crippen LogP contribution in [0.2, 0.25) is 0 Å². The van der Waals surface area contributed by atoms with Gasteiger partial charge in [-0.25, -0.2) is 4.98 Å². The quantitative estimate of drug-likeness (QED) is 0.845. The van der Waals surface area contributed by atoms with E-state index in [2.05, 4.69) is 10.3 Å². The van der Waals surface area contributed by atoms with Crippen LogP contribution in [0.4, 0.5) is 5.13 Å². The number of amides is 1. The lowest BCUT2D eigenvalue weighted by Gasteiger charge is -2.22. The van der Waals surface area contributed by atoms with Crippen LogP contribution in [0.3, 0.4) is 0 Å². The van der Waals surface area contributed by atoms with E-state index in [4.69, 9.17) is 10.5 Å². The number of carbonyl (C=O) groups excluding carboxylic acids is 1. The maximum absolute atomic E-state index is 11.6. The van der Waals surface area contributed by atoms with Gasteiger partial charge in [-0.15, -0.1) is 11.3 Å².